The summed E-state index contributed by atoms with van der Waals surface area (Å²) in [5.74, 6) is 0. The molecule has 0 amide bonds. The third-order valence-corrected chi connectivity index (χ3v) is 0.814. The molecule has 0 radical (unpaired) electrons. The summed E-state index contributed by atoms with van der Waals surface area (Å²) in [6, 6.07) is 0. The summed E-state index contributed by atoms with van der Waals surface area (Å²) in [7, 11) is 0. The fraction of sp³-hybridized carbons (Fsp3) is 0.667. The summed E-state index contributed by atoms with van der Waals surface area (Å²) in [5.41, 5.74) is 0. The quantitative estimate of drug-likeness (QED) is 0.525. The molecule has 0 aromatic heterocycles. The summed E-state index contributed by atoms with van der Waals surface area (Å²) in [6.07, 6.45) is 2.66. The van der Waals surface area contributed by atoms with Gasteiger partial charge in [0.25, 0.3) is 0 Å². The number of hydrogen-bond donors (Lipinski definition) is 2. The smallest absolute Gasteiger partial charge is 0.144 e. The van der Waals surface area contributed by atoms with E-state index in [0.29, 0.717) is 0 Å². The topological polar surface area (TPSA) is 49.7 Å². The van der Waals surface area contributed by atoms with Crippen molar-refractivity contribution in [2.45, 2.75) is 13.0 Å². The molecule has 0 spiro atoms. The Kier molecular flexibility index (Phi) is 5.26. The maximum Gasteiger partial charge on any atom is 0.144 e. The van der Waals surface area contributed by atoms with Gasteiger partial charge in [0, 0.05) is 0 Å². The molecule has 0 atom stereocenters. The van der Waals surface area contributed by atoms with Gasteiger partial charge in [-0.2, -0.15) is 0 Å². The molecule has 0 heterocycles. The molecule has 9 heavy (non-hydrogen) atoms. The van der Waals surface area contributed by atoms with E-state index in [4.69, 9.17) is 14.9 Å². The standard InChI is InChI=1S/C6H12O3/c1-2-3-9-6(4-7)5-8/h2-3,6-8H,4-5H2,1H3. The van der Waals surface area contributed by atoms with Crippen LogP contribution in [0.15, 0.2) is 12.3 Å². The van der Waals surface area contributed by atoms with E-state index in [1.54, 1.807) is 13.0 Å². The second kappa shape index (κ2) is 5.59. The van der Waals surface area contributed by atoms with Crippen LogP contribution < -0.4 is 0 Å². The van der Waals surface area contributed by atoms with Crippen LogP contribution in [0.4, 0.5) is 0 Å². The first kappa shape index (κ1) is 8.46. The number of ether oxygens (including phenoxy) is 1. The lowest BCUT2D eigenvalue weighted by Gasteiger charge is -2.08. The molecule has 0 fully saturated rings. The maximum absolute atomic E-state index is 8.43. The second-order valence-electron chi connectivity index (χ2n) is 1.59. The molecule has 0 aromatic carbocycles. The van der Waals surface area contributed by atoms with Gasteiger partial charge in [0.15, 0.2) is 0 Å². The van der Waals surface area contributed by atoms with Crippen LogP contribution in [-0.2, 0) is 4.74 Å². The van der Waals surface area contributed by atoms with Gasteiger partial charge < -0.3 is 14.9 Å². The lowest BCUT2D eigenvalue weighted by atomic mass is 10.4. The van der Waals surface area contributed by atoms with E-state index in [0.717, 1.165) is 0 Å². The van der Waals surface area contributed by atoms with E-state index in [9.17, 15) is 0 Å². The molecule has 0 saturated carbocycles. The number of aliphatic hydroxyl groups excluding tert-OH is 2. The third kappa shape index (κ3) is 4.00. The lowest BCUT2D eigenvalue weighted by molar-refractivity contribution is 0.0321. The van der Waals surface area contributed by atoms with Crippen molar-refractivity contribution in [3.63, 3.8) is 0 Å². The molecular formula is C6H12O3. The highest BCUT2D eigenvalue weighted by atomic mass is 16.5. The van der Waals surface area contributed by atoms with E-state index in [1.165, 1.54) is 6.26 Å². The minimum absolute atomic E-state index is 0.152. The Morgan fingerprint density at radius 1 is 1.44 bits per heavy atom. The molecule has 0 bridgehead atoms. The van der Waals surface area contributed by atoms with Crippen molar-refractivity contribution in [3.8, 4) is 0 Å². The van der Waals surface area contributed by atoms with E-state index in [1.807, 2.05) is 0 Å². The first-order chi connectivity index (χ1) is 4.35. The fourth-order valence-corrected chi connectivity index (χ4v) is 0.333. The van der Waals surface area contributed by atoms with Crippen molar-refractivity contribution in [2.75, 3.05) is 13.2 Å². The zero-order chi connectivity index (χ0) is 7.11. The Labute approximate surface area is 54.6 Å². The van der Waals surface area contributed by atoms with Gasteiger partial charge in [-0.25, -0.2) is 0 Å². The van der Waals surface area contributed by atoms with Gasteiger partial charge in [-0.05, 0) is 6.92 Å². The van der Waals surface area contributed by atoms with Gasteiger partial charge in [-0.3, -0.25) is 0 Å². The zero-order valence-electron chi connectivity index (χ0n) is 5.45. The van der Waals surface area contributed by atoms with Gasteiger partial charge in [0.2, 0.25) is 0 Å². The highest BCUT2D eigenvalue weighted by molar-refractivity contribution is 4.68. The van der Waals surface area contributed by atoms with Crippen LogP contribution in [0.3, 0.4) is 0 Å². The molecule has 3 nitrogen and oxygen atoms in total. The summed E-state index contributed by atoms with van der Waals surface area (Å²) in [4.78, 5) is 0. The molecule has 0 unspecified atom stereocenters. The average Bonchev–Trinajstić information content (AvgIpc) is 1.91. The monoisotopic (exact) mass is 132 g/mol. The van der Waals surface area contributed by atoms with Crippen LogP contribution >= 0.6 is 0 Å². The molecular weight excluding hydrogens is 120 g/mol. The Bertz CT molecular complexity index is 76.4. The fourth-order valence-electron chi connectivity index (χ4n) is 0.333. The number of aliphatic hydroxyl groups is 2. The normalized spacial score (nSPS) is 11.1. The molecule has 0 aliphatic carbocycles. The van der Waals surface area contributed by atoms with Gasteiger partial charge in [-0.1, -0.05) is 6.08 Å². The molecule has 3 heteroatoms. The number of hydrogen-bond acceptors (Lipinski definition) is 3. The first-order valence-corrected chi connectivity index (χ1v) is 2.83. The first-order valence-electron chi connectivity index (χ1n) is 2.83. The highest BCUT2D eigenvalue weighted by Crippen LogP contribution is 1.88. The third-order valence-electron chi connectivity index (χ3n) is 0.814. The van der Waals surface area contributed by atoms with Crippen molar-refractivity contribution in [1.29, 1.82) is 0 Å². The molecule has 54 valence electrons. The van der Waals surface area contributed by atoms with Crippen LogP contribution in [-0.4, -0.2) is 29.5 Å². The van der Waals surface area contributed by atoms with Gasteiger partial charge in [-0.15, -0.1) is 0 Å². The second-order valence-corrected chi connectivity index (χ2v) is 1.59. The van der Waals surface area contributed by atoms with Crippen molar-refractivity contribution < 1.29 is 14.9 Å². The van der Waals surface area contributed by atoms with Crippen molar-refractivity contribution in [1.82, 2.24) is 0 Å². The number of rotatable bonds is 4. The Hall–Kier alpha value is -0.540. The Balaban J connectivity index is 3.31. The van der Waals surface area contributed by atoms with Gasteiger partial charge in [0.1, 0.15) is 6.10 Å². The number of allylic oxidation sites excluding steroid dienone is 1. The van der Waals surface area contributed by atoms with Crippen LogP contribution in [0.2, 0.25) is 0 Å². The maximum atomic E-state index is 8.43. The highest BCUT2D eigenvalue weighted by Gasteiger charge is 2.01. The van der Waals surface area contributed by atoms with E-state index in [2.05, 4.69) is 0 Å². The molecule has 0 aliphatic rings. The molecule has 0 rings (SSSR count). The van der Waals surface area contributed by atoms with Crippen molar-refractivity contribution >= 4 is 0 Å². The van der Waals surface area contributed by atoms with Crippen molar-refractivity contribution in [2.24, 2.45) is 0 Å². The SMILES string of the molecule is CC=COC(CO)CO. The summed E-state index contributed by atoms with van der Waals surface area (Å²) in [5, 5.41) is 16.9. The largest absolute Gasteiger partial charge is 0.494 e. The molecule has 0 aliphatic heterocycles. The molecule has 2 N–H and O–H groups in total. The Morgan fingerprint density at radius 3 is 2.33 bits per heavy atom. The zero-order valence-corrected chi connectivity index (χ0v) is 5.45. The minimum Gasteiger partial charge on any atom is -0.494 e. The van der Waals surface area contributed by atoms with E-state index < -0.39 is 6.10 Å². The summed E-state index contributed by atoms with van der Waals surface area (Å²) < 4.78 is 4.81. The average molecular weight is 132 g/mol. The van der Waals surface area contributed by atoms with Crippen molar-refractivity contribution in [3.05, 3.63) is 12.3 Å². The predicted molar refractivity (Wildman–Crippen MR) is 33.9 cm³/mol. The molecule has 0 aromatic rings. The van der Waals surface area contributed by atoms with Crippen LogP contribution in [0.1, 0.15) is 6.92 Å². The van der Waals surface area contributed by atoms with E-state index in [-0.39, 0.29) is 13.2 Å². The van der Waals surface area contributed by atoms with Crippen LogP contribution in [0.25, 0.3) is 0 Å². The summed E-state index contributed by atoms with van der Waals surface area (Å²) in [6.45, 7) is 1.49. The predicted octanol–water partition coefficient (Wildman–Crippen LogP) is -0.110. The molecule has 0 saturated heterocycles. The van der Waals surface area contributed by atoms with Crippen LogP contribution in [0, 0.1) is 0 Å². The Morgan fingerprint density at radius 2 is 2.00 bits per heavy atom. The van der Waals surface area contributed by atoms with Gasteiger partial charge in [0.05, 0.1) is 19.5 Å². The lowest BCUT2D eigenvalue weighted by Crippen LogP contribution is -2.19. The minimum atomic E-state index is -0.471. The van der Waals surface area contributed by atoms with Gasteiger partial charge >= 0.3 is 0 Å². The van der Waals surface area contributed by atoms with Crippen LogP contribution in [0.5, 0.6) is 0 Å². The van der Waals surface area contributed by atoms with E-state index >= 15 is 0 Å². The summed E-state index contributed by atoms with van der Waals surface area (Å²) >= 11 is 0.